The molecule has 7 nitrogen and oxygen atoms in total. The maximum atomic E-state index is 11.7. The van der Waals surface area contributed by atoms with Crippen molar-refractivity contribution in [3.8, 4) is 0 Å². The quantitative estimate of drug-likeness (QED) is 0.821. The molecule has 1 aliphatic carbocycles. The maximum absolute atomic E-state index is 11.7. The number of anilines is 1. The van der Waals surface area contributed by atoms with Gasteiger partial charge in [-0.05, 0) is 25.0 Å². The number of amides is 1. The Hall–Kier alpha value is -2.18. The van der Waals surface area contributed by atoms with Crippen LogP contribution in [0, 0.1) is 0 Å². The number of carbonyl (C=O) groups excluding carboxylic acids is 1. The van der Waals surface area contributed by atoms with Gasteiger partial charge in [0, 0.05) is 26.7 Å². The normalized spacial score (nSPS) is 13.9. The molecule has 0 atom stereocenters. The first-order valence-electron chi connectivity index (χ1n) is 6.53. The third-order valence-corrected chi connectivity index (χ3v) is 3.12. The number of carboxylic acids is 1. The highest BCUT2D eigenvalue weighted by Gasteiger charge is 2.30. The highest BCUT2D eigenvalue weighted by atomic mass is 16.4. The minimum Gasteiger partial charge on any atom is -0.481 e. The van der Waals surface area contributed by atoms with Crippen LogP contribution in [0.15, 0.2) is 12.1 Å². The van der Waals surface area contributed by atoms with Gasteiger partial charge in [-0.3, -0.25) is 9.59 Å². The second-order valence-corrected chi connectivity index (χ2v) is 5.04. The highest BCUT2D eigenvalue weighted by Crippen LogP contribution is 2.30. The van der Waals surface area contributed by atoms with Crippen molar-refractivity contribution in [2.24, 2.45) is 0 Å². The van der Waals surface area contributed by atoms with Crippen LogP contribution < -0.4 is 4.90 Å². The highest BCUT2D eigenvalue weighted by molar-refractivity contribution is 5.91. The van der Waals surface area contributed by atoms with E-state index in [2.05, 4.69) is 10.2 Å². The van der Waals surface area contributed by atoms with Crippen LogP contribution in [-0.4, -0.2) is 58.8 Å². The number of carboxylic acid groups (broad SMARTS) is 1. The summed E-state index contributed by atoms with van der Waals surface area (Å²) in [5.41, 5.74) is 0.285. The predicted octanol–water partition coefficient (Wildman–Crippen LogP) is 0.622. The van der Waals surface area contributed by atoms with Gasteiger partial charge in [0.15, 0.2) is 11.5 Å². The molecule has 1 aromatic heterocycles. The van der Waals surface area contributed by atoms with Gasteiger partial charge in [-0.1, -0.05) is 0 Å². The van der Waals surface area contributed by atoms with Gasteiger partial charge in [0.05, 0.1) is 6.42 Å². The van der Waals surface area contributed by atoms with Crippen LogP contribution in [0.3, 0.4) is 0 Å². The van der Waals surface area contributed by atoms with Crippen LogP contribution in [0.4, 0.5) is 5.82 Å². The molecule has 1 heterocycles. The summed E-state index contributed by atoms with van der Waals surface area (Å²) in [5.74, 6) is -0.403. The molecule has 1 aromatic rings. The molecular formula is C13H18N4O3. The van der Waals surface area contributed by atoms with E-state index < -0.39 is 5.97 Å². The van der Waals surface area contributed by atoms with E-state index in [0.29, 0.717) is 18.4 Å². The van der Waals surface area contributed by atoms with Gasteiger partial charge >= 0.3 is 5.97 Å². The summed E-state index contributed by atoms with van der Waals surface area (Å²) in [5, 5.41) is 16.8. The third kappa shape index (κ3) is 3.43. The molecule has 0 bridgehead atoms. The second-order valence-electron chi connectivity index (χ2n) is 5.04. The summed E-state index contributed by atoms with van der Waals surface area (Å²) in [6.45, 7) is 0.412. The lowest BCUT2D eigenvalue weighted by molar-refractivity contribution is -0.136. The van der Waals surface area contributed by atoms with E-state index >= 15 is 0 Å². The molecule has 20 heavy (non-hydrogen) atoms. The van der Waals surface area contributed by atoms with Gasteiger partial charge < -0.3 is 14.9 Å². The number of aliphatic carboxylic acids is 1. The first-order chi connectivity index (χ1) is 9.49. The van der Waals surface area contributed by atoms with Gasteiger partial charge in [-0.25, -0.2) is 0 Å². The van der Waals surface area contributed by atoms with Crippen molar-refractivity contribution in [3.63, 3.8) is 0 Å². The molecule has 1 aliphatic rings. The summed E-state index contributed by atoms with van der Waals surface area (Å²) in [6.07, 6.45) is 2.15. The maximum Gasteiger partial charge on any atom is 0.305 e. The number of nitrogens with zero attached hydrogens (tertiary/aromatic N) is 4. The molecule has 0 aliphatic heterocycles. The molecule has 1 saturated carbocycles. The molecular weight excluding hydrogens is 260 g/mol. The average molecular weight is 278 g/mol. The van der Waals surface area contributed by atoms with E-state index in [1.54, 1.807) is 26.2 Å². The molecule has 0 aromatic carbocycles. The van der Waals surface area contributed by atoms with E-state index in [-0.39, 0.29) is 18.0 Å². The Morgan fingerprint density at radius 3 is 2.45 bits per heavy atom. The number of aromatic nitrogens is 2. The predicted molar refractivity (Wildman–Crippen MR) is 72.7 cm³/mol. The minimum absolute atomic E-state index is 0.0660. The van der Waals surface area contributed by atoms with Crippen molar-refractivity contribution < 1.29 is 14.7 Å². The van der Waals surface area contributed by atoms with E-state index in [4.69, 9.17) is 5.11 Å². The zero-order chi connectivity index (χ0) is 14.7. The van der Waals surface area contributed by atoms with E-state index in [9.17, 15) is 9.59 Å². The second kappa shape index (κ2) is 5.85. The van der Waals surface area contributed by atoms with Crippen molar-refractivity contribution in [2.45, 2.75) is 25.3 Å². The molecule has 108 valence electrons. The fourth-order valence-corrected chi connectivity index (χ4v) is 1.91. The number of hydrogen-bond acceptors (Lipinski definition) is 5. The van der Waals surface area contributed by atoms with Crippen LogP contribution in [0.2, 0.25) is 0 Å². The van der Waals surface area contributed by atoms with E-state index in [1.807, 2.05) is 4.90 Å². The lowest BCUT2D eigenvalue weighted by atomic mass is 10.3. The van der Waals surface area contributed by atoms with Gasteiger partial charge in [-0.15, -0.1) is 10.2 Å². The zero-order valence-electron chi connectivity index (χ0n) is 11.6. The molecule has 1 N–H and O–H groups in total. The van der Waals surface area contributed by atoms with Crippen molar-refractivity contribution in [1.82, 2.24) is 15.1 Å². The van der Waals surface area contributed by atoms with Gasteiger partial charge in [0.2, 0.25) is 0 Å². The molecule has 1 fully saturated rings. The van der Waals surface area contributed by atoms with E-state index in [0.717, 1.165) is 12.8 Å². The van der Waals surface area contributed by atoms with Crippen LogP contribution in [0.25, 0.3) is 0 Å². The lowest BCUT2D eigenvalue weighted by Gasteiger charge is -2.22. The topological polar surface area (TPSA) is 86.6 Å². The Bertz CT molecular complexity index is 497. The summed E-state index contributed by atoms with van der Waals surface area (Å²) in [6, 6.07) is 3.70. The fourth-order valence-electron chi connectivity index (χ4n) is 1.91. The first kappa shape index (κ1) is 14.2. The standard InChI is InChI=1S/C13H18N4O3/c1-16(2)13(20)10-5-6-11(15-14-10)17(9-3-4-9)8-7-12(18)19/h5-6,9H,3-4,7-8H2,1-2H3,(H,18,19). The Morgan fingerprint density at radius 1 is 1.30 bits per heavy atom. The van der Waals surface area contributed by atoms with Crippen LogP contribution >= 0.6 is 0 Å². The smallest absolute Gasteiger partial charge is 0.305 e. The number of hydrogen-bond donors (Lipinski definition) is 1. The van der Waals surface area contributed by atoms with Crippen molar-refractivity contribution in [3.05, 3.63) is 17.8 Å². The van der Waals surface area contributed by atoms with E-state index in [1.165, 1.54) is 4.90 Å². The summed E-state index contributed by atoms with van der Waals surface area (Å²) < 4.78 is 0. The monoisotopic (exact) mass is 278 g/mol. The molecule has 0 saturated heterocycles. The molecule has 2 rings (SSSR count). The largest absolute Gasteiger partial charge is 0.481 e. The zero-order valence-corrected chi connectivity index (χ0v) is 11.6. The number of carbonyl (C=O) groups is 2. The molecule has 1 amide bonds. The first-order valence-corrected chi connectivity index (χ1v) is 6.53. The molecule has 0 spiro atoms. The molecule has 7 heteroatoms. The van der Waals surface area contributed by atoms with Crippen LogP contribution in [-0.2, 0) is 4.79 Å². The Kier molecular flexibility index (Phi) is 4.16. The SMILES string of the molecule is CN(C)C(=O)c1ccc(N(CCC(=O)O)C2CC2)nn1. The molecule has 0 unspecified atom stereocenters. The van der Waals surface area contributed by atoms with Crippen molar-refractivity contribution in [2.75, 3.05) is 25.5 Å². The van der Waals surface area contributed by atoms with Crippen LogP contribution in [0.1, 0.15) is 29.8 Å². The summed E-state index contributed by atoms with van der Waals surface area (Å²) in [7, 11) is 3.31. The third-order valence-electron chi connectivity index (χ3n) is 3.12. The van der Waals surface area contributed by atoms with Crippen LogP contribution in [0.5, 0.6) is 0 Å². The summed E-state index contributed by atoms with van der Waals surface area (Å²) in [4.78, 5) is 25.8. The van der Waals surface area contributed by atoms with Crippen molar-refractivity contribution >= 4 is 17.7 Å². The molecule has 0 radical (unpaired) electrons. The Balaban J connectivity index is 2.10. The number of rotatable bonds is 6. The van der Waals surface area contributed by atoms with Gasteiger partial charge in [0.1, 0.15) is 0 Å². The van der Waals surface area contributed by atoms with Crippen molar-refractivity contribution in [1.29, 1.82) is 0 Å². The Labute approximate surface area is 117 Å². The Morgan fingerprint density at radius 2 is 2.00 bits per heavy atom. The lowest BCUT2D eigenvalue weighted by Crippen LogP contribution is -2.30. The summed E-state index contributed by atoms with van der Waals surface area (Å²) >= 11 is 0. The average Bonchev–Trinajstić information content (AvgIpc) is 3.23. The van der Waals surface area contributed by atoms with Gasteiger partial charge in [-0.2, -0.15) is 0 Å². The fraction of sp³-hybridized carbons (Fsp3) is 0.538. The minimum atomic E-state index is -0.831. The van der Waals surface area contributed by atoms with Gasteiger partial charge in [0.25, 0.3) is 5.91 Å².